The maximum Gasteiger partial charge on any atom is 0.265 e. The van der Waals surface area contributed by atoms with Crippen LogP contribution in [0, 0.1) is 6.92 Å². The highest BCUT2D eigenvalue weighted by Crippen LogP contribution is 2.33. The predicted molar refractivity (Wildman–Crippen MR) is 131 cm³/mol. The monoisotopic (exact) mass is 501 g/mol. The Kier molecular flexibility index (Phi) is 8.22. The predicted octanol–water partition coefficient (Wildman–Crippen LogP) is 2.08. The Morgan fingerprint density at radius 2 is 1.94 bits per heavy atom. The van der Waals surface area contributed by atoms with Crippen molar-refractivity contribution in [3.05, 3.63) is 52.5 Å². The number of rotatable bonds is 9. The number of ketones is 1. The Bertz CT molecular complexity index is 1100. The Morgan fingerprint density at radius 1 is 1.14 bits per heavy atom. The van der Waals surface area contributed by atoms with Gasteiger partial charge in [0, 0.05) is 36.8 Å². The number of halogens is 1. The first-order valence-electron chi connectivity index (χ1n) is 11.5. The maximum absolute atomic E-state index is 12.8. The summed E-state index contributed by atoms with van der Waals surface area (Å²) in [6, 6.07) is 9.98. The summed E-state index contributed by atoms with van der Waals surface area (Å²) < 4.78 is 16.5. The second-order valence-corrected chi connectivity index (χ2v) is 8.81. The zero-order valence-corrected chi connectivity index (χ0v) is 20.3. The molecule has 35 heavy (non-hydrogen) atoms. The number of hydrogen-bond acceptors (Lipinski definition) is 7. The molecule has 0 radical (unpaired) electrons. The molecule has 10 heteroatoms. The molecule has 0 spiro atoms. The van der Waals surface area contributed by atoms with E-state index in [1.54, 1.807) is 36.4 Å². The Balaban J connectivity index is 1.38. The Morgan fingerprint density at radius 3 is 2.71 bits per heavy atom. The lowest BCUT2D eigenvalue weighted by molar-refractivity contribution is -0.125. The number of carbonyl (C=O) groups is 3. The number of benzene rings is 2. The summed E-state index contributed by atoms with van der Waals surface area (Å²) >= 11 is 5.97. The average molecular weight is 502 g/mol. The smallest absolute Gasteiger partial charge is 0.265 e. The average Bonchev–Trinajstić information content (AvgIpc) is 2.85. The molecule has 0 bridgehead atoms. The van der Waals surface area contributed by atoms with Gasteiger partial charge in [-0.25, -0.2) is 0 Å². The number of amides is 2. The zero-order chi connectivity index (χ0) is 24.8. The maximum atomic E-state index is 12.8. The summed E-state index contributed by atoms with van der Waals surface area (Å²) in [5.74, 6) is 0.109. The number of aryl methyl sites for hydroxylation is 1. The molecule has 186 valence electrons. The van der Waals surface area contributed by atoms with Gasteiger partial charge in [-0.3, -0.25) is 24.2 Å². The van der Waals surface area contributed by atoms with Crippen molar-refractivity contribution in [2.45, 2.75) is 6.92 Å². The van der Waals surface area contributed by atoms with E-state index in [2.05, 4.69) is 10.2 Å². The van der Waals surface area contributed by atoms with E-state index in [1.807, 2.05) is 6.92 Å². The van der Waals surface area contributed by atoms with Crippen LogP contribution in [0.4, 0.5) is 5.69 Å². The summed E-state index contributed by atoms with van der Waals surface area (Å²) in [5, 5.41) is 3.45. The summed E-state index contributed by atoms with van der Waals surface area (Å²) in [6.07, 6.45) is 0. The van der Waals surface area contributed by atoms with E-state index in [0.29, 0.717) is 54.1 Å². The third-order valence-electron chi connectivity index (χ3n) is 5.88. The molecule has 1 saturated heterocycles. The molecular formula is C25H28ClN3O6. The van der Waals surface area contributed by atoms with Crippen LogP contribution in [0.25, 0.3) is 0 Å². The molecule has 2 aromatic carbocycles. The summed E-state index contributed by atoms with van der Waals surface area (Å²) in [6.45, 7) is 5.59. The van der Waals surface area contributed by atoms with Crippen molar-refractivity contribution < 1.29 is 28.6 Å². The van der Waals surface area contributed by atoms with Crippen LogP contribution in [0.1, 0.15) is 15.9 Å². The molecule has 1 N–H and O–H groups in total. The standard InChI is InChI=1S/C25H28ClN3O6/c1-17-12-19(26)3-5-22(17)34-15-21(30)18-2-4-23-20(13-18)29(25(32)16-35-23)14-24(31)27-6-7-28-8-10-33-11-9-28/h2-5,12-13H,6-11,14-16H2,1H3,(H,27,31). The van der Waals surface area contributed by atoms with Gasteiger partial charge in [-0.1, -0.05) is 11.6 Å². The molecule has 4 rings (SSSR count). The first-order chi connectivity index (χ1) is 16.9. The molecular weight excluding hydrogens is 474 g/mol. The number of nitrogens with one attached hydrogen (secondary N) is 1. The van der Waals surface area contributed by atoms with Crippen molar-refractivity contribution in [1.29, 1.82) is 0 Å². The van der Waals surface area contributed by atoms with Crippen molar-refractivity contribution in [2.75, 3.05) is 64.1 Å². The summed E-state index contributed by atoms with van der Waals surface area (Å²) in [5.41, 5.74) is 1.56. The van der Waals surface area contributed by atoms with Gasteiger partial charge >= 0.3 is 0 Å². The van der Waals surface area contributed by atoms with E-state index in [-0.39, 0.29) is 37.4 Å². The van der Waals surface area contributed by atoms with Crippen molar-refractivity contribution in [1.82, 2.24) is 10.2 Å². The van der Waals surface area contributed by atoms with Gasteiger partial charge in [-0.05, 0) is 48.9 Å². The van der Waals surface area contributed by atoms with E-state index >= 15 is 0 Å². The minimum atomic E-state index is -0.349. The van der Waals surface area contributed by atoms with Crippen LogP contribution < -0.4 is 19.7 Å². The van der Waals surface area contributed by atoms with E-state index in [9.17, 15) is 14.4 Å². The molecule has 2 amide bonds. The highest BCUT2D eigenvalue weighted by atomic mass is 35.5. The Hall–Kier alpha value is -3.14. The van der Waals surface area contributed by atoms with Crippen LogP contribution in [0.5, 0.6) is 11.5 Å². The van der Waals surface area contributed by atoms with E-state index in [4.69, 9.17) is 25.8 Å². The molecule has 0 saturated carbocycles. The minimum absolute atomic E-state index is 0.156. The van der Waals surface area contributed by atoms with Crippen molar-refractivity contribution in [3.8, 4) is 11.5 Å². The van der Waals surface area contributed by atoms with Crippen LogP contribution in [-0.4, -0.2) is 81.6 Å². The van der Waals surface area contributed by atoms with Gasteiger partial charge in [-0.15, -0.1) is 0 Å². The zero-order valence-electron chi connectivity index (χ0n) is 19.5. The molecule has 0 aromatic heterocycles. The van der Waals surface area contributed by atoms with Gasteiger partial charge in [-0.2, -0.15) is 0 Å². The fourth-order valence-electron chi connectivity index (χ4n) is 3.93. The van der Waals surface area contributed by atoms with Crippen molar-refractivity contribution in [2.24, 2.45) is 0 Å². The van der Waals surface area contributed by atoms with Crippen LogP contribution in [0.3, 0.4) is 0 Å². The van der Waals surface area contributed by atoms with Gasteiger partial charge in [0.15, 0.2) is 19.0 Å². The number of Topliss-reactive ketones (excluding diaryl/α,β-unsaturated/α-hetero) is 1. The van der Waals surface area contributed by atoms with Crippen LogP contribution in [0.15, 0.2) is 36.4 Å². The largest absolute Gasteiger partial charge is 0.485 e. The van der Waals surface area contributed by atoms with E-state index in [1.165, 1.54) is 4.90 Å². The first-order valence-corrected chi connectivity index (χ1v) is 11.8. The Labute approximate surface area is 208 Å². The number of ether oxygens (including phenoxy) is 3. The van der Waals surface area contributed by atoms with E-state index in [0.717, 1.165) is 18.7 Å². The lowest BCUT2D eigenvalue weighted by Gasteiger charge is -2.29. The number of anilines is 1. The lowest BCUT2D eigenvalue weighted by Crippen LogP contribution is -2.47. The number of carbonyl (C=O) groups excluding carboxylic acids is 3. The normalized spacial score (nSPS) is 15.8. The van der Waals surface area contributed by atoms with Gasteiger partial charge in [0.05, 0.1) is 18.9 Å². The number of nitrogens with zero attached hydrogens (tertiary/aromatic N) is 2. The molecule has 9 nitrogen and oxygen atoms in total. The number of fused-ring (bicyclic) bond motifs is 1. The lowest BCUT2D eigenvalue weighted by atomic mass is 10.1. The molecule has 1 fully saturated rings. The molecule has 2 heterocycles. The SMILES string of the molecule is Cc1cc(Cl)ccc1OCC(=O)c1ccc2c(c1)N(CC(=O)NCCN1CCOCC1)C(=O)CO2. The fourth-order valence-corrected chi connectivity index (χ4v) is 4.15. The second-order valence-electron chi connectivity index (χ2n) is 8.38. The van der Waals surface area contributed by atoms with Crippen molar-refractivity contribution in [3.63, 3.8) is 0 Å². The molecule has 2 aromatic rings. The third-order valence-corrected chi connectivity index (χ3v) is 6.11. The van der Waals surface area contributed by atoms with Crippen LogP contribution >= 0.6 is 11.6 Å². The van der Waals surface area contributed by atoms with Gasteiger partial charge in [0.2, 0.25) is 5.91 Å². The van der Waals surface area contributed by atoms with Crippen LogP contribution in [-0.2, 0) is 14.3 Å². The molecule has 2 aliphatic rings. The van der Waals surface area contributed by atoms with Crippen LogP contribution in [0.2, 0.25) is 5.02 Å². The molecule has 0 atom stereocenters. The number of morpholine rings is 1. The summed E-state index contributed by atoms with van der Waals surface area (Å²) in [7, 11) is 0. The van der Waals surface area contributed by atoms with Crippen molar-refractivity contribution >= 4 is 34.9 Å². The molecule has 0 unspecified atom stereocenters. The minimum Gasteiger partial charge on any atom is -0.485 e. The van der Waals surface area contributed by atoms with Gasteiger partial charge < -0.3 is 19.5 Å². The molecule has 2 aliphatic heterocycles. The van der Waals surface area contributed by atoms with Gasteiger partial charge in [0.1, 0.15) is 18.0 Å². The first kappa shape index (κ1) is 25.0. The highest BCUT2D eigenvalue weighted by molar-refractivity contribution is 6.30. The molecule has 0 aliphatic carbocycles. The summed E-state index contributed by atoms with van der Waals surface area (Å²) in [4.78, 5) is 41.5. The highest BCUT2D eigenvalue weighted by Gasteiger charge is 2.28. The quantitative estimate of drug-likeness (QED) is 0.525. The third kappa shape index (κ3) is 6.50. The van der Waals surface area contributed by atoms with E-state index < -0.39 is 0 Å². The fraction of sp³-hybridized carbons (Fsp3) is 0.400. The topological polar surface area (TPSA) is 97.4 Å². The second kappa shape index (κ2) is 11.5. The number of hydrogen-bond donors (Lipinski definition) is 1. The van der Waals surface area contributed by atoms with Gasteiger partial charge in [0.25, 0.3) is 5.91 Å².